The Morgan fingerprint density at radius 3 is 2.55 bits per heavy atom. The molecule has 0 aromatic carbocycles. The van der Waals surface area contributed by atoms with E-state index in [4.69, 9.17) is 15.8 Å². The summed E-state index contributed by atoms with van der Waals surface area (Å²) in [5.41, 5.74) is 13.2. The van der Waals surface area contributed by atoms with Gasteiger partial charge in [-0.25, -0.2) is 0 Å². The van der Waals surface area contributed by atoms with E-state index in [1.807, 2.05) is 0 Å². The minimum Gasteiger partial charge on any atom is -0.290 e. The quantitative estimate of drug-likeness (QED) is 0.199. The van der Waals surface area contributed by atoms with Gasteiger partial charge in [-0.1, -0.05) is 65.5 Å². The van der Waals surface area contributed by atoms with Gasteiger partial charge in [-0.05, 0) is 97.7 Å². The van der Waals surface area contributed by atoms with Crippen molar-refractivity contribution < 1.29 is 9.40 Å². The standard InChI is InChI=1S/C27H50N3O2P/c1-18(2)7-6-8-19(3)23-11-12-24-22-10-9-20-17-21(32-30-33(28,29)31)13-15-26(20,4)25(22)14-16-27(23,24)5/h9,18-19,21-25H,6-8,10-17H2,1-5H3,(H5,28,29,30,31)/t19-,21+,22+,23-,24+,25+,26+,27-/m1/s1. The van der Waals surface area contributed by atoms with E-state index in [2.05, 4.69) is 45.9 Å². The summed E-state index contributed by atoms with van der Waals surface area (Å²) in [7, 11) is -3.35. The first-order valence-corrected chi connectivity index (χ1v) is 15.6. The maximum Gasteiger partial charge on any atom is 0.296 e. The molecule has 0 spiro atoms. The summed E-state index contributed by atoms with van der Waals surface area (Å²) >= 11 is 0. The van der Waals surface area contributed by atoms with Crippen LogP contribution in [0.25, 0.3) is 0 Å². The molecule has 0 amide bonds. The van der Waals surface area contributed by atoms with E-state index in [1.54, 1.807) is 5.57 Å². The maximum absolute atomic E-state index is 11.6. The Bertz CT molecular complexity index is 779. The Kier molecular flexibility index (Phi) is 7.61. The van der Waals surface area contributed by atoms with Gasteiger partial charge in [0.1, 0.15) is 0 Å². The Balaban J connectivity index is 1.43. The molecule has 5 N–H and O–H groups in total. The number of nitrogens with one attached hydrogen (secondary N) is 1. The highest BCUT2D eigenvalue weighted by molar-refractivity contribution is 7.56. The van der Waals surface area contributed by atoms with Gasteiger partial charge in [0.25, 0.3) is 7.59 Å². The van der Waals surface area contributed by atoms with E-state index in [-0.39, 0.29) is 6.10 Å². The van der Waals surface area contributed by atoms with Crippen LogP contribution < -0.4 is 16.3 Å². The number of rotatable bonds is 8. The molecule has 0 radical (unpaired) electrons. The lowest BCUT2D eigenvalue weighted by molar-refractivity contribution is -0.0696. The van der Waals surface area contributed by atoms with Gasteiger partial charge in [-0.3, -0.25) is 20.4 Å². The molecule has 6 heteroatoms. The number of hydrogen-bond acceptors (Lipinski definition) is 2. The third-order valence-corrected chi connectivity index (χ3v) is 11.0. The zero-order valence-corrected chi connectivity index (χ0v) is 22.7. The summed E-state index contributed by atoms with van der Waals surface area (Å²) in [6, 6.07) is 0. The molecule has 3 fully saturated rings. The Labute approximate surface area is 202 Å². The molecule has 0 saturated heterocycles. The van der Waals surface area contributed by atoms with E-state index in [9.17, 15) is 4.57 Å². The molecule has 190 valence electrons. The molecule has 0 aliphatic heterocycles. The lowest BCUT2D eigenvalue weighted by Crippen LogP contribution is -2.51. The normalized spacial score (nSPS) is 41.8. The molecule has 33 heavy (non-hydrogen) atoms. The molecule has 0 heterocycles. The van der Waals surface area contributed by atoms with Crippen molar-refractivity contribution in [2.45, 2.75) is 111 Å². The summed E-state index contributed by atoms with van der Waals surface area (Å²) < 4.78 is 11.6. The Morgan fingerprint density at radius 2 is 1.85 bits per heavy atom. The average Bonchev–Trinajstić information content (AvgIpc) is 3.08. The van der Waals surface area contributed by atoms with Crippen LogP contribution >= 0.6 is 7.59 Å². The fourth-order valence-electron chi connectivity index (χ4n) is 8.91. The second kappa shape index (κ2) is 9.69. The van der Waals surface area contributed by atoms with Crippen LogP contribution in [0.4, 0.5) is 0 Å². The summed E-state index contributed by atoms with van der Waals surface area (Å²) in [6.07, 6.45) is 16.7. The van der Waals surface area contributed by atoms with Crippen molar-refractivity contribution in [1.82, 2.24) is 5.25 Å². The molecule has 5 nitrogen and oxygen atoms in total. The van der Waals surface area contributed by atoms with Crippen molar-refractivity contribution in [1.29, 1.82) is 0 Å². The highest BCUT2D eigenvalue weighted by Gasteiger charge is 2.59. The van der Waals surface area contributed by atoms with Crippen molar-refractivity contribution in [2.24, 2.45) is 57.3 Å². The van der Waals surface area contributed by atoms with Gasteiger partial charge in [0.05, 0.1) is 6.10 Å². The molecular weight excluding hydrogens is 429 g/mol. The van der Waals surface area contributed by atoms with Crippen LogP contribution in [0.1, 0.15) is 105 Å². The number of fused-ring (bicyclic) bond motifs is 5. The first-order chi connectivity index (χ1) is 15.4. The first-order valence-electron chi connectivity index (χ1n) is 13.7. The van der Waals surface area contributed by atoms with Crippen molar-refractivity contribution in [3.8, 4) is 0 Å². The fraction of sp³-hybridized carbons (Fsp3) is 0.926. The van der Waals surface area contributed by atoms with Gasteiger partial charge in [0.15, 0.2) is 0 Å². The number of nitrogens with two attached hydrogens (primary N) is 2. The van der Waals surface area contributed by atoms with Crippen LogP contribution in [0.15, 0.2) is 11.6 Å². The van der Waals surface area contributed by atoms with Gasteiger partial charge in [0.2, 0.25) is 0 Å². The first kappa shape index (κ1) is 25.9. The maximum atomic E-state index is 11.6. The van der Waals surface area contributed by atoms with Gasteiger partial charge < -0.3 is 0 Å². The van der Waals surface area contributed by atoms with E-state index in [1.165, 1.54) is 51.4 Å². The van der Waals surface area contributed by atoms with Crippen molar-refractivity contribution in [2.75, 3.05) is 0 Å². The van der Waals surface area contributed by atoms with Crippen LogP contribution in [0, 0.1) is 46.3 Å². The lowest BCUT2D eigenvalue weighted by Gasteiger charge is -2.58. The summed E-state index contributed by atoms with van der Waals surface area (Å²) in [6.45, 7) is 12.5. The molecule has 4 rings (SSSR count). The predicted molar refractivity (Wildman–Crippen MR) is 137 cm³/mol. The molecule has 4 aliphatic rings. The van der Waals surface area contributed by atoms with Gasteiger partial charge in [-0.2, -0.15) is 0 Å². The van der Waals surface area contributed by atoms with Crippen LogP contribution in [0.2, 0.25) is 0 Å². The van der Waals surface area contributed by atoms with Crippen LogP contribution in [0.5, 0.6) is 0 Å². The predicted octanol–water partition coefficient (Wildman–Crippen LogP) is 6.94. The van der Waals surface area contributed by atoms with Crippen molar-refractivity contribution in [3.05, 3.63) is 11.6 Å². The number of allylic oxidation sites excluding steroid dienone is 1. The third-order valence-electron chi connectivity index (χ3n) is 10.6. The SMILES string of the molecule is CC(C)CCC[C@@H](C)[C@H]1CC[C@H]2[C@@H]3CC=C4C[C@@H](ONP(N)(N)=O)CC[C@]4(C)[C@H]3CC[C@]12C. The number of hydrogen-bond donors (Lipinski definition) is 3. The largest absolute Gasteiger partial charge is 0.296 e. The molecule has 0 unspecified atom stereocenters. The Morgan fingerprint density at radius 1 is 1.09 bits per heavy atom. The smallest absolute Gasteiger partial charge is 0.290 e. The minimum absolute atomic E-state index is 0.0118. The molecule has 4 aliphatic carbocycles. The minimum atomic E-state index is -3.35. The molecule has 8 atom stereocenters. The summed E-state index contributed by atoms with van der Waals surface area (Å²) in [4.78, 5) is 5.65. The van der Waals surface area contributed by atoms with E-state index in [0.29, 0.717) is 10.8 Å². The molecule has 3 saturated carbocycles. The second-order valence-corrected chi connectivity index (χ2v) is 14.7. The zero-order chi connectivity index (χ0) is 24.0. The van der Waals surface area contributed by atoms with Crippen molar-refractivity contribution >= 4 is 7.59 Å². The zero-order valence-electron chi connectivity index (χ0n) is 21.8. The van der Waals surface area contributed by atoms with Crippen molar-refractivity contribution in [3.63, 3.8) is 0 Å². The molecule has 0 bridgehead atoms. The topological polar surface area (TPSA) is 90.4 Å². The average molecular weight is 480 g/mol. The van der Waals surface area contributed by atoms with E-state index >= 15 is 0 Å². The fourth-order valence-corrected chi connectivity index (χ4v) is 9.22. The highest BCUT2D eigenvalue weighted by atomic mass is 31.2. The van der Waals surface area contributed by atoms with Crippen LogP contribution in [-0.4, -0.2) is 6.10 Å². The third kappa shape index (κ3) is 5.19. The molecule has 0 aromatic rings. The van der Waals surface area contributed by atoms with E-state index in [0.717, 1.165) is 54.8 Å². The van der Waals surface area contributed by atoms with Gasteiger partial charge in [0, 0.05) is 0 Å². The van der Waals surface area contributed by atoms with Gasteiger partial charge in [-0.15, -0.1) is 5.25 Å². The highest BCUT2D eigenvalue weighted by Crippen LogP contribution is 2.67. The van der Waals surface area contributed by atoms with E-state index < -0.39 is 7.59 Å². The lowest BCUT2D eigenvalue weighted by atomic mass is 9.47. The van der Waals surface area contributed by atoms with Crippen LogP contribution in [0.3, 0.4) is 0 Å². The Hall–Kier alpha value is -0.190. The molecule has 0 aromatic heterocycles. The summed E-state index contributed by atoms with van der Waals surface area (Å²) in [5.74, 6) is 5.13. The second-order valence-electron chi connectivity index (χ2n) is 13.1. The molecular formula is C27H50N3O2P. The summed E-state index contributed by atoms with van der Waals surface area (Å²) in [5, 5.41) is 2.41. The monoisotopic (exact) mass is 479 g/mol. The van der Waals surface area contributed by atoms with Crippen LogP contribution in [-0.2, 0) is 9.40 Å². The van der Waals surface area contributed by atoms with Gasteiger partial charge >= 0.3 is 0 Å².